The van der Waals surface area contributed by atoms with Crippen molar-refractivity contribution in [1.29, 1.82) is 5.26 Å². The van der Waals surface area contributed by atoms with E-state index in [2.05, 4.69) is 21.8 Å². The Kier molecular flexibility index (Phi) is 7.60. The molecule has 3 aromatic rings. The molecule has 0 aliphatic heterocycles. The van der Waals surface area contributed by atoms with Crippen molar-refractivity contribution in [3.8, 4) is 11.8 Å². The van der Waals surface area contributed by atoms with Gasteiger partial charge in [-0.15, -0.1) is 0 Å². The third kappa shape index (κ3) is 5.52. The van der Waals surface area contributed by atoms with Crippen molar-refractivity contribution in [2.24, 2.45) is 0 Å². The molecule has 0 atom stereocenters. The smallest absolute Gasteiger partial charge is 0.251 e. The van der Waals surface area contributed by atoms with Gasteiger partial charge in [0.25, 0.3) is 5.91 Å². The molecule has 4 N–H and O–H groups in total. The van der Waals surface area contributed by atoms with E-state index >= 15 is 0 Å². The number of nitrogens with zero attached hydrogens (tertiary/aromatic N) is 3. The molecule has 0 saturated heterocycles. The molecule has 1 aromatic heterocycles. The summed E-state index contributed by atoms with van der Waals surface area (Å²) in [5.74, 6) is -0.0291. The lowest BCUT2D eigenvalue weighted by Gasteiger charge is -2.08. The van der Waals surface area contributed by atoms with Crippen LogP contribution in [0.1, 0.15) is 40.0 Å². The summed E-state index contributed by atoms with van der Waals surface area (Å²) in [6, 6.07) is 18.8. The molecule has 2 aromatic carbocycles. The molecular formula is C24H26N6O2. The fraction of sp³-hybridized carbons (Fsp3) is 0.250. The molecule has 0 aliphatic rings. The highest BCUT2D eigenvalue weighted by Crippen LogP contribution is 2.21. The predicted molar refractivity (Wildman–Crippen MR) is 122 cm³/mol. The van der Waals surface area contributed by atoms with Gasteiger partial charge in [-0.3, -0.25) is 9.59 Å². The number of carbonyl (C=O) groups is 2. The van der Waals surface area contributed by atoms with Crippen molar-refractivity contribution in [2.75, 3.05) is 18.8 Å². The molecule has 8 nitrogen and oxygen atoms in total. The summed E-state index contributed by atoms with van der Waals surface area (Å²) in [4.78, 5) is 24.2. The lowest BCUT2D eigenvalue weighted by molar-refractivity contribution is -0.120. The zero-order valence-corrected chi connectivity index (χ0v) is 18.0. The second kappa shape index (κ2) is 10.8. The Labute approximate surface area is 187 Å². The molecule has 0 unspecified atom stereocenters. The van der Waals surface area contributed by atoms with Gasteiger partial charge in [0, 0.05) is 25.1 Å². The van der Waals surface area contributed by atoms with Crippen LogP contribution in [-0.2, 0) is 11.2 Å². The number of amides is 2. The van der Waals surface area contributed by atoms with Crippen LogP contribution in [0.2, 0.25) is 0 Å². The van der Waals surface area contributed by atoms with Crippen molar-refractivity contribution in [2.45, 2.75) is 26.2 Å². The number of para-hydroxylation sites is 1. The maximum atomic E-state index is 12.2. The number of nitriles is 1. The van der Waals surface area contributed by atoms with Crippen LogP contribution in [0.4, 0.5) is 5.82 Å². The maximum absolute atomic E-state index is 12.2. The molecule has 0 spiro atoms. The molecule has 164 valence electrons. The number of hydrogen-bond acceptors (Lipinski definition) is 5. The van der Waals surface area contributed by atoms with E-state index in [0.717, 1.165) is 11.3 Å². The van der Waals surface area contributed by atoms with Gasteiger partial charge >= 0.3 is 0 Å². The van der Waals surface area contributed by atoms with E-state index in [-0.39, 0.29) is 24.8 Å². The average molecular weight is 431 g/mol. The lowest BCUT2D eigenvalue weighted by atomic mass is 10.1. The van der Waals surface area contributed by atoms with Gasteiger partial charge in [0.15, 0.2) is 0 Å². The molecule has 0 radical (unpaired) electrons. The molecule has 0 saturated carbocycles. The number of aryl methyl sites for hydroxylation is 2. The Hall–Kier alpha value is -4.12. The molecular weight excluding hydrogens is 404 g/mol. The van der Waals surface area contributed by atoms with Crippen molar-refractivity contribution in [1.82, 2.24) is 20.4 Å². The summed E-state index contributed by atoms with van der Waals surface area (Å²) >= 11 is 0. The number of nitrogens with one attached hydrogen (secondary N) is 2. The van der Waals surface area contributed by atoms with E-state index in [0.29, 0.717) is 42.0 Å². The number of hydrogen-bond donors (Lipinski definition) is 3. The first kappa shape index (κ1) is 22.6. The SMILES string of the molecule is Cc1ccccc1C(=O)NCCC(=O)NCCCc1nn(-c2ccccc2)c(N)c1C#N. The van der Waals surface area contributed by atoms with Gasteiger partial charge in [0.05, 0.1) is 11.4 Å². The van der Waals surface area contributed by atoms with E-state index in [1.807, 2.05) is 55.5 Å². The van der Waals surface area contributed by atoms with E-state index in [9.17, 15) is 14.9 Å². The normalized spacial score (nSPS) is 10.4. The first-order valence-corrected chi connectivity index (χ1v) is 10.4. The largest absolute Gasteiger partial charge is 0.382 e. The van der Waals surface area contributed by atoms with Gasteiger partial charge in [-0.2, -0.15) is 10.4 Å². The Balaban J connectivity index is 1.43. The minimum atomic E-state index is -0.188. The summed E-state index contributed by atoms with van der Waals surface area (Å²) in [5.41, 5.74) is 9.35. The molecule has 32 heavy (non-hydrogen) atoms. The number of carbonyl (C=O) groups excluding carboxylic acids is 2. The number of nitrogens with two attached hydrogens (primary N) is 1. The highest BCUT2D eigenvalue weighted by Gasteiger charge is 2.16. The van der Waals surface area contributed by atoms with Crippen LogP contribution >= 0.6 is 0 Å². The molecule has 0 fully saturated rings. The topological polar surface area (TPSA) is 126 Å². The van der Waals surface area contributed by atoms with Crippen molar-refractivity contribution in [3.63, 3.8) is 0 Å². The van der Waals surface area contributed by atoms with Gasteiger partial charge in [-0.1, -0.05) is 36.4 Å². The maximum Gasteiger partial charge on any atom is 0.251 e. The summed E-state index contributed by atoms with van der Waals surface area (Å²) in [7, 11) is 0. The van der Waals surface area contributed by atoms with E-state index < -0.39 is 0 Å². The van der Waals surface area contributed by atoms with Crippen molar-refractivity contribution in [3.05, 3.63) is 77.0 Å². The Morgan fingerprint density at radius 3 is 2.50 bits per heavy atom. The molecule has 3 rings (SSSR count). The molecule has 8 heteroatoms. The standard InChI is InChI=1S/C24H26N6O2/c1-17-8-5-6-11-19(17)24(32)28-15-13-22(31)27-14-7-12-21-20(16-25)23(26)30(29-21)18-9-3-2-4-10-18/h2-6,8-11H,7,12-15,26H2,1H3,(H,27,31)(H,28,32). The molecule has 0 aliphatic carbocycles. The number of aromatic nitrogens is 2. The third-order valence-electron chi connectivity index (χ3n) is 5.05. The summed E-state index contributed by atoms with van der Waals surface area (Å²) < 4.78 is 1.56. The minimum Gasteiger partial charge on any atom is -0.382 e. The second-order valence-electron chi connectivity index (χ2n) is 7.34. The van der Waals surface area contributed by atoms with Crippen molar-refractivity contribution >= 4 is 17.6 Å². The summed E-state index contributed by atoms with van der Waals surface area (Å²) in [6.45, 7) is 2.57. The Morgan fingerprint density at radius 1 is 1.06 bits per heavy atom. The number of benzene rings is 2. The van der Waals surface area contributed by atoms with Crippen molar-refractivity contribution < 1.29 is 9.59 Å². The fourth-order valence-electron chi connectivity index (χ4n) is 3.33. The van der Waals surface area contributed by atoms with Crippen LogP contribution in [0, 0.1) is 18.3 Å². The van der Waals surface area contributed by atoms with Crippen LogP contribution in [0.5, 0.6) is 0 Å². The van der Waals surface area contributed by atoms with E-state index in [4.69, 9.17) is 5.73 Å². The Morgan fingerprint density at radius 2 is 1.78 bits per heavy atom. The average Bonchev–Trinajstić information content (AvgIpc) is 3.12. The quantitative estimate of drug-likeness (QED) is 0.450. The number of nitrogen functional groups attached to an aromatic ring is 1. The second-order valence-corrected chi connectivity index (χ2v) is 7.34. The van der Waals surface area contributed by atoms with Gasteiger partial charge in [-0.05, 0) is 43.5 Å². The first-order valence-electron chi connectivity index (χ1n) is 10.4. The number of anilines is 1. The summed E-state index contributed by atoms with van der Waals surface area (Å²) in [6.07, 6.45) is 1.31. The predicted octanol–water partition coefficient (Wildman–Crippen LogP) is 2.50. The van der Waals surface area contributed by atoms with E-state index in [1.165, 1.54) is 0 Å². The van der Waals surface area contributed by atoms with Crippen LogP contribution in [0.15, 0.2) is 54.6 Å². The summed E-state index contributed by atoms with van der Waals surface area (Å²) in [5, 5.41) is 19.5. The lowest BCUT2D eigenvalue weighted by Crippen LogP contribution is -2.31. The molecule has 2 amide bonds. The highest BCUT2D eigenvalue weighted by molar-refractivity contribution is 5.95. The van der Waals surface area contributed by atoms with E-state index in [1.54, 1.807) is 10.7 Å². The molecule has 0 bridgehead atoms. The Bertz CT molecular complexity index is 1130. The molecule has 1 heterocycles. The van der Waals surface area contributed by atoms with Gasteiger partial charge in [0.2, 0.25) is 5.91 Å². The zero-order chi connectivity index (χ0) is 22.9. The first-order chi connectivity index (χ1) is 15.5. The number of rotatable bonds is 9. The van der Waals surface area contributed by atoms with Gasteiger partial charge in [-0.25, -0.2) is 4.68 Å². The minimum absolute atomic E-state index is 0.148. The van der Waals surface area contributed by atoms with Crippen LogP contribution in [-0.4, -0.2) is 34.7 Å². The van der Waals surface area contributed by atoms with Crippen LogP contribution < -0.4 is 16.4 Å². The monoisotopic (exact) mass is 430 g/mol. The zero-order valence-electron chi connectivity index (χ0n) is 18.0. The fourth-order valence-corrected chi connectivity index (χ4v) is 3.33. The highest BCUT2D eigenvalue weighted by atomic mass is 16.2. The van der Waals surface area contributed by atoms with Gasteiger partial charge in [0.1, 0.15) is 17.5 Å². The van der Waals surface area contributed by atoms with Crippen LogP contribution in [0.25, 0.3) is 5.69 Å². The van der Waals surface area contributed by atoms with Gasteiger partial charge < -0.3 is 16.4 Å². The third-order valence-corrected chi connectivity index (χ3v) is 5.05. The van der Waals surface area contributed by atoms with Crippen LogP contribution in [0.3, 0.4) is 0 Å².